The van der Waals surface area contributed by atoms with Gasteiger partial charge in [0.1, 0.15) is 0 Å². The lowest BCUT2D eigenvalue weighted by Gasteiger charge is -2.28. The van der Waals surface area contributed by atoms with Gasteiger partial charge >= 0.3 is 0 Å². The number of nitrogens with zero attached hydrogens (tertiary/aromatic N) is 1. The molecule has 3 nitrogen and oxygen atoms in total. The molecule has 1 saturated carbocycles. The Kier molecular flexibility index (Phi) is 5.14. The van der Waals surface area contributed by atoms with Crippen LogP contribution >= 0.6 is 0 Å². The van der Waals surface area contributed by atoms with Crippen molar-refractivity contribution in [1.82, 2.24) is 5.32 Å². The van der Waals surface area contributed by atoms with E-state index >= 15 is 0 Å². The quantitative estimate of drug-likeness (QED) is 0.870. The zero-order valence-electron chi connectivity index (χ0n) is 11.0. The molecular weight excluding hydrogens is 236 g/mol. The first-order valence-corrected chi connectivity index (χ1v) is 6.88. The van der Waals surface area contributed by atoms with Gasteiger partial charge in [-0.15, -0.1) is 0 Å². The minimum Gasteiger partial charge on any atom is -0.392 e. The van der Waals surface area contributed by atoms with Crippen LogP contribution in [0.4, 0.5) is 0 Å². The number of hydrogen-bond acceptors (Lipinski definition) is 3. The molecule has 1 aromatic carbocycles. The Morgan fingerprint density at radius 2 is 2.00 bits per heavy atom. The zero-order chi connectivity index (χ0) is 13.5. The number of nitrogens with one attached hydrogen (secondary N) is 1. The average Bonchev–Trinajstić information content (AvgIpc) is 2.46. The molecule has 2 rings (SSSR count). The molecular formula is C16H20N2O. The van der Waals surface area contributed by atoms with E-state index in [1.807, 2.05) is 30.3 Å². The lowest BCUT2D eigenvalue weighted by atomic mass is 9.92. The zero-order valence-corrected chi connectivity index (χ0v) is 11.0. The second kappa shape index (κ2) is 7.08. The van der Waals surface area contributed by atoms with Crippen LogP contribution in [0.2, 0.25) is 0 Å². The summed E-state index contributed by atoms with van der Waals surface area (Å²) in [5, 5.41) is 21.9. The van der Waals surface area contributed by atoms with Gasteiger partial charge in [-0.1, -0.05) is 37.1 Å². The highest BCUT2D eigenvalue weighted by Gasteiger charge is 2.21. The highest BCUT2D eigenvalue weighted by molar-refractivity contribution is 5.51. The van der Waals surface area contributed by atoms with Crippen molar-refractivity contribution in [2.45, 2.75) is 37.8 Å². The Bertz CT molecular complexity index is 459. The number of aliphatic hydroxyl groups excluding tert-OH is 1. The van der Waals surface area contributed by atoms with E-state index in [1.54, 1.807) is 0 Å². The number of benzene rings is 1. The third-order valence-corrected chi connectivity index (χ3v) is 3.58. The summed E-state index contributed by atoms with van der Waals surface area (Å²) in [6.07, 6.45) is 8.21. The minimum absolute atomic E-state index is 0.197. The Morgan fingerprint density at radius 3 is 2.68 bits per heavy atom. The van der Waals surface area contributed by atoms with Gasteiger partial charge in [0.25, 0.3) is 0 Å². The summed E-state index contributed by atoms with van der Waals surface area (Å²) in [5.41, 5.74) is 1.77. The van der Waals surface area contributed by atoms with Crippen LogP contribution in [0.5, 0.6) is 0 Å². The Labute approximate surface area is 114 Å². The van der Waals surface area contributed by atoms with Gasteiger partial charge < -0.3 is 10.4 Å². The van der Waals surface area contributed by atoms with E-state index in [1.165, 1.54) is 6.42 Å². The molecule has 1 fully saturated rings. The predicted octanol–water partition coefficient (Wildman–Crippen LogP) is 2.46. The van der Waals surface area contributed by atoms with Crippen LogP contribution in [0, 0.1) is 11.3 Å². The summed E-state index contributed by atoms with van der Waals surface area (Å²) in [6.45, 7) is 0.766. The van der Waals surface area contributed by atoms with Crippen molar-refractivity contribution in [2.24, 2.45) is 0 Å². The Balaban J connectivity index is 1.78. The van der Waals surface area contributed by atoms with Crippen LogP contribution in [0.15, 0.2) is 30.3 Å². The van der Waals surface area contributed by atoms with Crippen LogP contribution in [0.3, 0.4) is 0 Å². The van der Waals surface area contributed by atoms with Crippen LogP contribution < -0.4 is 5.32 Å². The van der Waals surface area contributed by atoms with Gasteiger partial charge in [-0.2, -0.15) is 5.26 Å². The molecule has 1 aliphatic carbocycles. The van der Waals surface area contributed by atoms with Crippen molar-refractivity contribution in [3.63, 3.8) is 0 Å². The van der Waals surface area contributed by atoms with Crippen molar-refractivity contribution < 1.29 is 5.11 Å². The first-order chi connectivity index (χ1) is 9.29. The largest absolute Gasteiger partial charge is 0.392 e. The molecule has 0 heterocycles. The minimum atomic E-state index is -0.197. The molecule has 2 atom stereocenters. The maximum atomic E-state index is 9.83. The van der Waals surface area contributed by atoms with Gasteiger partial charge in [0.05, 0.1) is 17.7 Å². The Hall–Kier alpha value is -1.63. The van der Waals surface area contributed by atoms with Gasteiger partial charge in [-0.05, 0) is 30.5 Å². The van der Waals surface area contributed by atoms with Crippen LogP contribution in [-0.4, -0.2) is 23.8 Å². The van der Waals surface area contributed by atoms with Crippen molar-refractivity contribution in [3.05, 3.63) is 41.5 Å². The summed E-state index contributed by atoms with van der Waals surface area (Å²) in [5.74, 6) is 0. The smallest absolute Gasteiger partial charge is 0.0991 e. The van der Waals surface area contributed by atoms with Crippen molar-refractivity contribution in [1.29, 1.82) is 5.26 Å². The molecule has 2 unspecified atom stereocenters. The van der Waals surface area contributed by atoms with Crippen molar-refractivity contribution in [2.75, 3.05) is 6.54 Å². The standard InChI is InChI=1S/C16H20N2O/c17-12-14-9-7-13(8-10-14)4-3-11-18-15-5-1-2-6-16(15)19/h3-4,7-10,15-16,18-19H,1-2,5-6,11H2/b4-3+. The first-order valence-electron chi connectivity index (χ1n) is 6.88. The van der Waals surface area contributed by atoms with Crippen molar-refractivity contribution >= 4 is 6.08 Å². The third kappa shape index (κ3) is 4.20. The van der Waals surface area contributed by atoms with Gasteiger partial charge in [0.15, 0.2) is 0 Å². The lowest BCUT2D eigenvalue weighted by Crippen LogP contribution is -2.42. The fraction of sp³-hybridized carbons (Fsp3) is 0.438. The SMILES string of the molecule is N#Cc1ccc(/C=C/CNC2CCCCC2O)cc1. The Morgan fingerprint density at radius 1 is 1.26 bits per heavy atom. The summed E-state index contributed by atoms with van der Waals surface area (Å²) >= 11 is 0. The summed E-state index contributed by atoms with van der Waals surface area (Å²) in [4.78, 5) is 0. The second-order valence-electron chi connectivity index (χ2n) is 5.00. The van der Waals surface area contributed by atoms with E-state index in [0.717, 1.165) is 31.4 Å². The normalized spacial score (nSPS) is 23.4. The fourth-order valence-corrected chi connectivity index (χ4v) is 2.43. The number of rotatable bonds is 4. The second-order valence-corrected chi connectivity index (χ2v) is 5.00. The third-order valence-electron chi connectivity index (χ3n) is 3.58. The molecule has 19 heavy (non-hydrogen) atoms. The lowest BCUT2D eigenvalue weighted by molar-refractivity contribution is 0.0929. The van der Waals surface area contributed by atoms with Crippen LogP contribution in [-0.2, 0) is 0 Å². The molecule has 0 amide bonds. The molecule has 1 aromatic rings. The maximum Gasteiger partial charge on any atom is 0.0991 e. The van der Waals surface area contributed by atoms with E-state index in [2.05, 4.69) is 17.5 Å². The summed E-state index contributed by atoms with van der Waals surface area (Å²) in [6, 6.07) is 9.85. The highest BCUT2D eigenvalue weighted by Crippen LogP contribution is 2.18. The highest BCUT2D eigenvalue weighted by atomic mass is 16.3. The molecule has 0 aliphatic heterocycles. The van der Waals surface area contributed by atoms with Gasteiger partial charge in [-0.3, -0.25) is 0 Å². The van der Waals surface area contributed by atoms with E-state index in [4.69, 9.17) is 5.26 Å². The molecule has 0 radical (unpaired) electrons. The van der Waals surface area contributed by atoms with Gasteiger partial charge in [0.2, 0.25) is 0 Å². The number of nitriles is 1. The fourth-order valence-electron chi connectivity index (χ4n) is 2.43. The van der Waals surface area contributed by atoms with E-state index in [0.29, 0.717) is 5.56 Å². The van der Waals surface area contributed by atoms with E-state index < -0.39 is 0 Å². The first kappa shape index (κ1) is 13.8. The van der Waals surface area contributed by atoms with Crippen molar-refractivity contribution in [3.8, 4) is 6.07 Å². The molecule has 0 saturated heterocycles. The monoisotopic (exact) mass is 256 g/mol. The molecule has 100 valence electrons. The van der Waals surface area contributed by atoms with Crippen LogP contribution in [0.25, 0.3) is 6.08 Å². The topological polar surface area (TPSA) is 56.0 Å². The number of hydrogen-bond donors (Lipinski definition) is 2. The molecule has 0 aromatic heterocycles. The molecule has 1 aliphatic rings. The maximum absolute atomic E-state index is 9.83. The number of aliphatic hydroxyl groups is 1. The molecule has 0 spiro atoms. The average molecular weight is 256 g/mol. The van der Waals surface area contributed by atoms with Gasteiger partial charge in [0, 0.05) is 12.6 Å². The van der Waals surface area contributed by atoms with Crippen LogP contribution in [0.1, 0.15) is 36.8 Å². The van der Waals surface area contributed by atoms with Gasteiger partial charge in [-0.25, -0.2) is 0 Å². The summed E-state index contributed by atoms with van der Waals surface area (Å²) in [7, 11) is 0. The molecule has 2 N–H and O–H groups in total. The summed E-state index contributed by atoms with van der Waals surface area (Å²) < 4.78 is 0. The molecule has 0 bridgehead atoms. The van der Waals surface area contributed by atoms with E-state index in [9.17, 15) is 5.11 Å². The molecule has 3 heteroatoms. The van der Waals surface area contributed by atoms with E-state index in [-0.39, 0.29) is 12.1 Å². The predicted molar refractivity (Wildman–Crippen MR) is 76.5 cm³/mol.